The van der Waals surface area contributed by atoms with Gasteiger partial charge in [0.2, 0.25) is 0 Å². The van der Waals surface area contributed by atoms with E-state index < -0.39 is 5.97 Å². The van der Waals surface area contributed by atoms with Crippen molar-refractivity contribution in [3.8, 4) is 0 Å². The molecule has 0 saturated heterocycles. The van der Waals surface area contributed by atoms with E-state index in [2.05, 4.69) is 0 Å². The maximum atomic E-state index is 10.8. The Bertz CT molecular complexity index is 275. The predicted molar refractivity (Wildman–Crippen MR) is 37.6 cm³/mol. The van der Waals surface area contributed by atoms with E-state index in [1.807, 2.05) is 0 Å². The number of ketones is 1. The number of carbonyl (C=O) groups excluding carboxylic acids is 1. The normalized spacial score (nSPS) is 17.3. The van der Waals surface area contributed by atoms with Crippen molar-refractivity contribution < 1.29 is 14.7 Å². The van der Waals surface area contributed by atoms with Gasteiger partial charge in [-0.3, -0.25) is 4.79 Å². The molecule has 0 radical (unpaired) electrons. The van der Waals surface area contributed by atoms with Gasteiger partial charge in [-0.05, 0) is 12.2 Å². The van der Waals surface area contributed by atoms with E-state index in [4.69, 9.17) is 10.8 Å². The minimum atomic E-state index is -1.07. The molecule has 0 unspecified atom stereocenters. The first-order valence-corrected chi connectivity index (χ1v) is 3.04. The van der Waals surface area contributed by atoms with Crippen molar-refractivity contribution in [1.29, 1.82) is 0 Å². The van der Waals surface area contributed by atoms with E-state index >= 15 is 0 Å². The molecule has 11 heavy (non-hydrogen) atoms. The highest BCUT2D eigenvalue weighted by molar-refractivity contribution is 6.04. The molecule has 0 bridgehead atoms. The van der Waals surface area contributed by atoms with Crippen LogP contribution in [0.25, 0.3) is 0 Å². The van der Waals surface area contributed by atoms with Crippen LogP contribution in [-0.2, 0) is 9.59 Å². The Kier molecular flexibility index (Phi) is 1.76. The summed E-state index contributed by atoms with van der Waals surface area (Å²) >= 11 is 0. The zero-order chi connectivity index (χ0) is 8.43. The first kappa shape index (κ1) is 7.53. The Labute approximate surface area is 63.0 Å². The summed E-state index contributed by atoms with van der Waals surface area (Å²) in [6.07, 6.45) is 2.56. The van der Waals surface area contributed by atoms with Crippen LogP contribution in [0.4, 0.5) is 0 Å². The predicted octanol–water partition coefficient (Wildman–Crippen LogP) is -0.187. The van der Waals surface area contributed by atoms with Gasteiger partial charge in [-0.2, -0.15) is 0 Å². The zero-order valence-electron chi connectivity index (χ0n) is 5.70. The molecule has 4 nitrogen and oxygen atoms in total. The molecule has 0 aliphatic heterocycles. The van der Waals surface area contributed by atoms with Crippen LogP contribution in [-0.4, -0.2) is 16.9 Å². The third-order valence-electron chi connectivity index (χ3n) is 1.41. The van der Waals surface area contributed by atoms with E-state index in [9.17, 15) is 9.59 Å². The van der Waals surface area contributed by atoms with Crippen LogP contribution < -0.4 is 5.73 Å². The summed E-state index contributed by atoms with van der Waals surface area (Å²) in [5.41, 5.74) is 5.42. The molecule has 0 aromatic heterocycles. The lowest BCUT2D eigenvalue weighted by Gasteiger charge is -2.05. The summed E-state index contributed by atoms with van der Waals surface area (Å²) in [7, 11) is 0. The Hall–Kier alpha value is -1.58. The highest BCUT2D eigenvalue weighted by Crippen LogP contribution is 2.11. The SMILES string of the molecule is NC1=CC=C(C(=O)O)CC1=O. The van der Waals surface area contributed by atoms with Gasteiger partial charge in [-0.15, -0.1) is 0 Å². The van der Waals surface area contributed by atoms with Gasteiger partial charge in [0.05, 0.1) is 5.70 Å². The number of hydrogen-bond acceptors (Lipinski definition) is 3. The second-order valence-corrected chi connectivity index (χ2v) is 2.22. The second kappa shape index (κ2) is 2.57. The van der Waals surface area contributed by atoms with Crippen LogP contribution in [0.15, 0.2) is 23.4 Å². The lowest BCUT2D eigenvalue weighted by atomic mass is 10.0. The molecular formula is C7H7NO3. The highest BCUT2D eigenvalue weighted by Gasteiger charge is 2.17. The first-order chi connectivity index (χ1) is 5.11. The Morgan fingerprint density at radius 3 is 2.64 bits per heavy atom. The fraction of sp³-hybridized carbons (Fsp3) is 0.143. The van der Waals surface area contributed by atoms with Gasteiger partial charge in [0.15, 0.2) is 5.78 Å². The second-order valence-electron chi connectivity index (χ2n) is 2.22. The van der Waals surface area contributed by atoms with Crippen molar-refractivity contribution in [2.75, 3.05) is 0 Å². The Morgan fingerprint density at radius 2 is 2.18 bits per heavy atom. The molecule has 0 amide bonds. The quantitative estimate of drug-likeness (QED) is 0.547. The molecule has 4 heteroatoms. The molecule has 3 N–H and O–H groups in total. The van der Waals surface area contributed by atoms with Crippen LogP contribution in [0, 0.1) is 0 Å². The average molecular weight is 153 g/mol. The van der Waals surface area contributed by atoms with Crippen molar-refractivity contribution >= 4 is 11.8 Å². The van der Waals surface area contributed by atoms with Gasteiger partial charge in [-0.1, -0.05) is 0 Å². The largest absolute Gasteiger partial charge is 0.478 e. The van der Waals surface area contributed by atoms with Gasteiger partial charge in [0.1, 0.15) is 0 Å². The summed E-state index contributed by atoms with van der Waals surface area (Å²) < 4.78 is 0. The molecular weight excluding hydrogens is 146 g/mol. The third kappa shape index (κ3) is 1.46. The molecule has 58 valence electrons. The van der Waals surface area contributed by atoms with Crippen LogP contribution in [0.3, 0.4) is 0 Å². The van der Waals surface area contributed by atoms with E-state index in [0.717, 1.165) is 0 Å². The number of nitrogens with two attached hydrogens (primary N) is 1. The summed E-state index contributed by atoms with van der Waals surface area (Å²) in [6.45, 7) is 0. The number of hydrogen-bond donors (Lipinski definition) is 2. The monoisotopic (exact) mass is 153 g/mol. The number of aliphatic carboxylic acids is 1. The number of carbonyl (C=O) groups is 2. The van der Waals surface area contributed by atoms with E-state index in [-0.39, 0.29) is 23.5 Å². The fourth-order valence-corrected chi connectivity index (χ4v) is 0.764. The van der Waals surface area contributed by atoms with Crippen molar-refractivity contribution in [2.24, 2.45) is 5.73 Å². The number of rotatable bonds is 1. The number of Topliss-reactive ketones (excluding diaryl/α,β-unsaturated/α-hetero) is 1. The average Bonchev–Trinajstić information content (AvgIpc) is 1.94. The minimum absolute atomic E-state index is 0.0872. The van der Waals surface area contributed by atoms with Gasteiger partial charge < -0.3 is 10.8 Å². The van der Waals surface area contributed by atoms with E-state index in [1.54, 1.807) is 0 Å². The van der Waals surface area contributed by atoms with Crippen LogP contribution in [0.2, 0.25) is 0 Å². The smallest absolute Gasteiger partial charge is 0.332 e. The summed E-state index contributed by atoms with van der Waals surface area (Å²) in [4.78, 5) is 21.1. The maximum absolute atomic E-state index is 10.8. The standard InChI is InChI=1S/C7H7NO3/c8-5-2-1-4(7(10)11)3-6(5)9/h1-2H,3,8H2,(H,10,11). The van der Waals surface area contributed by atoms with Crippen LogP contribution >= 0.6 is 0 Å². The van der Waals surface area contributed by atoms with Crippen molar-refractivity contribution in [3.05, 3.63) is 23.4 Å². The number of allylic oxidation sites excluding steroid dienone is 3. The molecule has 1 rings (SSSR count). The van der Waals surface area contributed by atoms with Crippen LogP contribution in [0.5, 0.6) is 0 Å². The van der Waals surface area contributed by atoms with Crippen LogP contribution in [0.1, 0.15) is 6.42 Å². The summed E-state index contributed by atoms with van der Waals surface area (Å²) in [5.74, 6) is -1.40. The molecule has 0 fully saturated rings. The zero-order valence-corrected chi connectivity index (χ0v) is 5.70. The number of carboxylic acids is 1. The van der Waals surface area contributed by atoms with Gasteiger partial charge >= 0.3 is 5.97 Å². The molecule has 0 aromatic rings. The summed E-state index contributed by atoms with van der Waals surface area (Å²) in [6, 6.07) is 0. The maximum Gasteiger partial charge on any atom is 0.332 e. The lowest BCUT2D eigenvalue weighted by Crippen LogP contribution is -2.17. The van der Waals surface area contributed by atoms with E-state index in [1.165, 1.54) is 12.2 Å². The molecule has 0 aromatic carbocycles. The molecule has 0 saturated carbocycles. The molecule has 0 atom stereocenters. The van der Waals surface area contributed by atoms with Gasteiger partial charge in [-0.25, -0.2) is 4.79 Å². The first-order valence-electron chi connectivity index (χ1n) is 3.04. The topological polar surface area (TPSA) is 80.4 Å². The Balaban J connectivity index is 2.90. The fourth-order valence-electron chi connectivity index (χ4n) is 0.764. The Morgan fingerprint density at radius 1 is 1.55 bits per heavy atom. The van der Waals surface area contributed by atoms with Crippen molar-refractivity contribution in [3.63, 3.8) is 0 Å². The molecule has 1 aliphatic carbocycles. The van der Waals surface area contributed by atoms with Crippen molar-refractivity contribution in [1.82, 2.24) is 0 Å². The molecule has 0 spiro atoms. The summed E-state index contributed by atoms with van der Waals surface area (Å²) in [5, 5.41) is 8.45. The third-order valence-corrected chi connectivity index (χ3v) is 1.41. The highest BCUT2D eigenvalue weighted by atomic mass is 16.4. The van der Waals surface area contributed by atoms with Crippen molar-refractivity contribution in [2.45, 2.75) is 6.42 Å². The van der Waals surface area contributed by atoms with Gasteiger partial charge in [0.25, 0.3) is 0 Å². The van der Waals surface area contributed by atoms with E-state index in [0.29, 0.717) is 0 Å². The molecule has 0 heterocycles. The lowest BCUT2D eigenvalue weighted by molar-refractivity contribution is -0.133. The number of carboxylic acid groups (broad SMARTS) is 1. The van der Waals surface area contributed by atoms with Gasteiger partial charge in [0, 0.05) is 12.0 Å². The molecule has 1 aliphatic rings. The minimum Gasteiger partial charge on any atom is -0.478 e.